The van der Waals surface area contributed by atoms with Crippen LogP contribution in [0.2, 0.25) is 0 Å². The summed E-state index contributed by atoms with van der Waals surface area (Å²) in [6, 6.07) is 18.1. The van der Waals surface area contributed by atoms with Crippen molar-refractivity contribution in [3.05, 3.63) is 87.9 Å². The van der Waals surface area contributed by atoms with Gasteiger partial charge in [0.25, 0.3) is 0 Å². The summed E-state index contributed by atoms with van der Waals surface area (Å²) in [5, 5.41) is 0. The number of Topliss-reactive ketones (excluding diaryl/α,β-unsaturated/α-hetero) is 2. The van der Waals surface area contributed by atoms with Crippen LogP contribution in [0.25, 0.3) is 0 Å². The van der Waals surface area contributed by atoms with Crippen LogP contribution in [-0.4, -0.2) is 43.2 Å². The number of methoxy groups -OCH3 is 2. The van der Waals surface area contributed by atoms with E-state index >= 15 is 0 Å². The third-order valence-corrected chi connectivity index (χ3v) is 7.87. The monoisotopic (exact) mass is 561 g/mol. The van der Waals surface area contributed by atoms with Crippen LogP contribution in [0.3, 0.4) is 0 Å². The molecular formula is C28H20BrNO7. The number of ketones is 2. The fourth-order valence-electron chi connectivity index (χ4n) is 5.69. The predicted molar refractivity (Wildman–Crippen MR) is 135 cm³/mol. The first-order chi connectivity index (χ1) is 17.8. The normalized spacial score (nSPS) is 23.5. The van der Waals surface area contributed by atoms with E-state index < -0.39 is 46.9 Å². The summed E-state index contributed by atoms with van der Waals surface area (Å²) in [7, 11) is 2.93. The van der Waals surface area contributed by atoms with Gasteiger partial charge in [0.15, 0.2) is 11.5 Å². The molecule has 37 heavy (non-hydrogen) atoms. The molecule has 186 valence electrons. The number of hydrogen-bond donors (Lipinski definition) is 0. The van der Waals surface area contributed by atoms with Gasteiger partial charge in [-0.05, 0) is 29.8 Å². The van der Waals surface area contributed by atoms with Crippen molar-refractivity contribution in [2.24, 2.45) is 11.8 Å². The Bertz CT molecular complexity index is 1460. The molecule has 0 N–H and O–H groups in total. The second-order valence-corrected chi connectivity index (χ2v) is 10.00. The van der Waals surface area contributed by atoms with E-state index in [1.165, 1.54) is 20.3 Å². The molecule has 0 bridgehead atoms. The molecule has 0 radical (unpaired) electrons. The zero-order valence-corrected chi connectivity index (χ0v) is 21.4. The number of carbonyl (C=O) groups is 4. The predicted octanol–water partition coefficient (Wildman–Crippen LogP) is 4.16. The fraction of sp³-hybridized carbons (Fsp3) is 0.214. The lowest BCUT2D eigenvalue weighted by molar-refractivity contribution is -0.127. The van der Waals surface area contributed by atoms with E-state index in [4.69, 9.17) is 14.2 Å². The van der Waals surface area contributed by atoms with Crippen molar-refractivity contribution in [1.29, 1.82) is 0 Å². The van der Waals surface area contributed by atoms with Crippen LogP contribution in [-0.2, 0) is 14.3 Å². The number of amides is 2. The third-order valence-electron chi connectivity index (χ3n) is 7.34. The molecule has 3 aromatic rings. The molecule has 8 nitrogen and oxygen atoms in total. The van der Waals surface area contributed by atoms with Crippen LogP contribution in [0.15, 0.2) is 71.2 Å². The minimum Gasteiger partial charge on any atom is -0.493 e. The van der Waals surface area contributed by atoms with E-state index in [1.807, 2.05) is 0 Å². The van der Waals surface area contributed by atoms with E-state index in [2.05, 4.69) is 15.9 Å². The summed E-state index contributed by atoms with van der Waals surface area (Å²) in [6.07, 6.45) is -0.984. The minimum absolute atomic E-state index is 0.188. The van der Waals surface area contributed by atoms with Crippen molar-refractivity contribution in [2.75, 3.05) is 19.1 Å². The highest BCUT2D eigenvalue weighted by atomic mass is 79.9. The number of carbonyl (C=O) groups excluding carboxylic acids is 4. The third kappa shape index (κ3) is 3.10. The average Bonchev–Trinajstić information content (AvgIpc) is 3.48. The van der Waals surface area contributed by atoms with E-state index in [9.17, 15) is 19.2 Å². The molecule has 0 aromatic heterocycles. The number of ether oxygens (including phenoxy) is 3. The quantitative estimate of drug-likeness (QED) is 0.348. The Labute approximate surface area is 220 Å². The molecule has 1 aliphatic carbocycles. The van der Waals surface area contributed by atoms with Crippen molar-refractivity contribution in [3.63, 3.8) is 0 Å². The Morgan fingerprint density at radius 3 is 2.03 bits per heavy atom. The average molecular weight is 562 g/mol. The van der Waals surface area contributed by atoms with Gasteiger partial charge in [-0.15, -0.1) is 0 Å². The molecule has 9 heteroatoms. The highest BCUT2D eigenvalue weighted by Crippen LogP contribution is 2.58. The lowest BCUT2D eigenvalue weighted by atomic mass is 9.77. The van der Waals surface area contributed by atoms with Gasteiger partial charge in [0.2, 0.25) is 29.0 Å². The number of anilines is 1. The van der Waals surface area contributed by atoms with E-state index in [1.54, 1.807) is 60.7 Å². The van der Waals surface area contributed by atoms with Gasteiger partial charge in [0.05, 0.1) is 37.8 Å². The summed E-state index contributed by atoms with van der Waals surface area (Å²) in [4.78, 5) is 56.6. The van der Waals surface area contributed by atoms with E-state index in [-0.39, 0.29) is 16.8 Å². The van der Waals surface area contributed by atoms with Gasteiger partial charge in [-0.3, -0.25) is 19.2 Å². The molecule has 0 saturated carbocycles. The number of nitrogens with zero attached hydrogens (tertiary/aromatic N) is 1. The molecule has 2 aliphatic heterocycles. The maximum Gasteiger partial charge on any atom is 0.241 e. The van der Waals surface area contributed by atoms with Gasteiger partial charge in [-0.2, -0.15) is 0 Å². The van der Waals surface area contributed by atoms with Crippen molar-refractivity contribution >= 4 is 45.0 Å². The summed E-state index contributed by atoms with van der Waals surface area (Å²) >= 11 is 3.40. The Morgan fingerprint density at radius 2 is 1.43 bits per heavy atom. The highest BCUT2D eigenvalue weighted by Gasteiger charge is 2.74. The fourth-order valence-corrected chi connectivity index (χ4v) is 5.95. The molecule has 6 rings (SSSR count). The molecule has 2 heterocycles. The van der Waals surface area contributed by atoms with Crippen molar-refractivity contribution in [1.82, 2.24) is 0 Å². The smallest absolute Gasteiger partial charge is 0.241 e. The van der Waals surface area contributed by atoms with Gasteiger partial charge in [-0.1, -0.05) is 52.3 Å². The molecule has 2 saturated heterocycles. The Hall–Kier alpha value is -3.82. The minimum atomic E-state index is -2.12. The summed E-state index contributed by atoms with van der Waals surface area (Å²) < 4.78 is 17.7. The Balaban J connectivity index is 1.52. The second-order valence-electron chi connectivity index (χ2n) is 9.08. The van der Waals surface area contributed by atoms with Gasteiger partial charge in [-0.25, -0.2) is 4.90 Å². The van der Waals surface area contributed by atoms with Gasteiger partial charge in [0, 0.05) is 21.7 Å². The first-order valence-corrected chi connectivity index (χ1v) is 12.3. The van der Waals surface area contributed by atoms with Crippen LogP contribution >= 0.6 is 15.9 Å². The first kappa shape index (κ1) is 23.6. The number of hydrogen-bond acceptors (Lipinski definition) is 7. The van der Waals surface area contributed by atoms with Gasteiger partial charge >= 0.3 is 0 Å². The van der Waals surface area contributed by atoms with Crippen LogP contribution in [0.1, 0.15) is 32.4 Å². The summed E-state index contributed by atoms with van der Waals surface area (Å²) in [5.41, 5.74) is -0.909. The molecule has 2 fully saturated rings. The molecular weight excluding hydrogens is 542 g/mol. The molecule has 3 aromatic carbocycles. The lowest BCUT2D eigenvalue weighted by Gasteiger charge is -2.27. The number of halogens is 1. The van der Waals surface area contributed by atoms with Gasteiger partial charge in [0.1, 0.15) is 0 Å². The van der Waals surface area contributed by atoms with E-state index in [0.717, 1.165) is 9.37 Å². The van der Waals surface area contributed by atoms with Crippen molar-refractivity contribution in [3.8, 4) is 11.5 Å². The van der Waals surface area contributed by atoms with Crippen LogP contribution in [0, 0.1) is 11.8 Å². The number of fused-ring (bicyclic) bond motifs is 3. The van der Waals surface area contributed by atoms with Crippen molar-refractivity contribution < 1.29 is 33.4 Å². The zero-order chi connectivity index (χ0) is 26.1. The largest absolute Gasteiger partial charge is 0.493 e. The molecule has 3 aliphatic rings. The Kier molecular flexibility index (Phi) is 5.32. The van der Waals surface area contributed by atoms with Crippen LogP contribution in [0.5, 0.6) is 11.5 Å². The maximum absolute atomic E-state index is 14.0. The van der Waals surface area contributed by atoms with Crippen molar-refractivity contribution in [2.45, 2.75) is 11.7 Å². The zero-order valence-electron chi connectivity index (χ0n) is 19.8. The highest BCUT2D eigenvalue weighted by molar-refractivity contribution is 9.10. The number of benzene rings is 3. The van der Waals surface area contributed by atoms with Gasteiger partial charge < -0.3 is 14.2 Å². The van der Waals surface area contributed by atoms with Crippen LogP contribution < -0.4 is 14.4 Å². The summed E-state index contributed by atoms with van der Waals surface area (Å²) in [6.45, 7) is 0. The molecule has 0 unspecified atom stereocenters. The molecule has 3 atom stereocenters. The molecule has 1 spiro atoms. The summed E-state index contributed by atoms with van der Waals surface area (Å²) in [5.74, 6) is -4.07. The van der Waals surface area contributed by atoms with Crippen LogP contribution in [0.4, 0.5) is 5.69 Å². The standard InChI is InChI=1S/C28H20BrNO7/c1-35-19-12-11-16(13-20(19)36-2)30-26(33)21-22(27(30)34)28(37-23(21)14-7-9-15(29)10-8-14)24(31)17-5-3-4-6-18(17)25(28)32/h3-13,21-23H,1-2H3/t21-,22-,23+/m0/s1. The topological polar surface area (TPSA) is 99.2 Å². The number of imide groups is 1. The van der Waals surface area contributed by atoms with E-state index in [0.29, 0.717) is 17.1 Å². The lowest BCUT2D eigenvalue weighted by Crippen LogP contribution is -2.51. The first-order valence-electron chi connectivity index (χ1n) is 11.5. The maximum atomic E-state index is 14.0. The SMILES string of the molecule is COc1ccc(N2C(=O)[C@@H]3[C@@H](c4ccc(Br)cc4)OC4(C(=O)c5ccccc5C4=O)[C@@H]3C2=O)cc1OC. The second kappa shape index (κ2) is 8.36. The number of rotatable bonds is 4. The molecule has 2 amide bonds. The Morgan fingerprint density at radius 1 is 0.811 bits per heavy atom.